The second kappa shape index (κ2) is 7.09. The summed E-state index contributed by atoms with van der Waals surface area (Å²) >= 11 is 0. The monoisotopic (exact) mass is 383 g/mol. The van der Waals surface area contributed by atoms with Gasteiger partial charge in [-0.3, -0.25) is 0 Å². The minimum atomic E-state index is -3.42. The summed E-state index contributed by atoms with van der Waals surface area (Å²) in [5.74, 6) is 0.954. The smallest absolute Gasteiger partial charge is 0.243 e. The Morgan fingerprint density at radius 3 is 2.56 bits per heavy atom. The van der Waals surface area contributed by atoms with E-state index in [9.17, 15) is 8.42 Å². The highest BCUT2D eigenvalue weighted by molar-refractivity contribution is 7.89. The molecule has 1 fully saturated rings. The number of imidazole rings is 1. The number of aromatic nitrogens is 2. The largest absolute Gasteiger partial charge is 0.324 e. The lowest BCUT2D eigenvalue weighted by atomic mass is 10.1. The van der Waals surface area contributed by atoms with Gasteiger partial charge < -0.3 is 4.57 Å². The van der Waals surface area contributed by atoms with Gasteiger partial charge in [0.25, 0.3) is 0 Å². The summed E-state index contributed by atoms with van der Waals surface area (Å²) < 4.78 is 29.7. The van der Waals surface area contributed by atoms with Crippen molar-refractivity contribution in [3.8, 4) is 0 Å². The van der Waals surface area contributed by atoms with Gasteiger partial charge in [-0.25, -0.2) is 13.4 Å². The third-order valence-corrected chi connectivity index (χ3v) is 7.49. The zero-order chi connectivity index (χ0) is 19.0. The predicted molar refractivity (Wildman–Crippen MR) is 107 cm³/mol. The molecule has 1 atom stereocenters. The molecule has 1 aliphatic rings. The highest BCUT2D eigenvalue weighted by Gasteiger charge is 2.30. The molecule has 6 heteroatoms. The Hall–Kier alpha value is -2.18. The fourth-order valence-corrected chi connectivity index (χ4v) is 5.61. The molecular weight excluding hydrogens is 358 g/mol. The Balaban J connectivity index is 1.59. The first-order chi connectivity index (χ1) is 13.0. The lowest BCUT2D eigenvalue weighted by Gasteiger charge is -2.32. The van der Waals surface area contributed by atoms with E-state index in [2.05, 4.69) is 15.6 Å². The number of para-hydroxylation sites is 2. The molecule has 142 valence electrons. The molecule has 4 rings (SSSR count). The Morgan fingerprint density at radius 1 is 1.07 bits per heavy atom. The summed E-state index contributed by atoms with van der Waals surface area (Å²) in [5.41, 5.74) is 3.13. The van der Waals surface area contributed by atoms with Gasteiger partial charge in [0.05, 0.1) is 15.9 Å². The van der Waals surface area contributed by atoms with Gasteiger partial charge in [0, 0.05) is 19.1 Å². The van der Waals surface area contributed by atoms with Gasteiger partial charge >= 0.3 is 0 Å². The van der Waals surface area contributed by atoms with Crippen LogP contribution in [0.25, 0.3) is 11.0 Å². The van der Waals surface area contributed by atoms with E-state index in [-0.39, 0.29) is 6.04 Å². The van der Waals surface area contributed by atoms with Crippen molar-refractivity contribution >= 4 is 21.1 Å². The van der Waals surface area contributed by atoms with Gasteiger partial charge in [0.2, 0.25) is 10.0 Å². The van der Waals surface area contributed by atoms with Crippen molar-refractivity contribution in [1.82, 2.24) is 13.9 Å². The van der Waals surface area contributed by atoms with Gasteiger partial charge in [-0.05, 0) is 56.5 Å². The standard InChI is InChI=1S/C21H25N3O2S/c1-16-7-5-6-14-24(16)27(25,26)19-12-10-18(11-13-19)15-23-17(2)22-20-8-3-4-9-21(20)23/h3-4,8-13,16H,5-7,14-15H2,1-2H3. The highest BCUT2D eigenvalue weighted by Crippen LogP contribution is 2.25. The molecule has 0 aliphatic carbocycles. The summed E-state index contributed by atoms with van der Waals surface area (Å²) in [5, 5.41) is 0. The van der Waals surface area contributed by atoms with Crippen LogP contribution in [0.4, 0.5) is 0 Å². The molecule has 0 amide bonds. The quantitative estimate of drug-likeness (QED) is 0.685. The number of rotatable bonds is 4. The molecule has 1 aliphatic heterocycles. The van der Waals surface area contributed by atoms with Crippen molar-refractivity contribution in [3.05, 3.63) is 59.9 Å². The summed E-state index contributed by atoms with van der Waals surface area (Å²) in [4.78, 5) is 4.98. The van der Waals surface area contributed by atoms with Crippen LogP contribution in [-0.2, 0) is 16.6 Å². The van der Waals surface area contributed by atoms with Gasteiger partial charge in [-0.2, -0.15) is 4.31 Å². The van der Waals surface area contributed by atoms with E-state index in [4.69, 9.17) is 0 Å². The number of sulfonamides is 1. The van der Waals surface area contributed by atoms with Crippen molar-refractivity contribution in [3.63, 3.8) is 0 Å². The topological polar surface area (TPSA) is 55.2 Å². The summed E-state index contributed by atoms with van der Waals surface area (Å²) in [7, 11) is -3.42. The zero-order valence-electron chi connectivity index (χ0n) is 15.8. The van der Waals surface area contributed by atoms with Crippen LogP contribution in [0, 0.1) is 6.92 Å². The van der Waals surface area contributed by atoms with E-state index < -0.39 is 10.0 Å². The SMILES string of the molecule is Cc1nc2ccccc2n1Cc1ccc(S(=O)(=O)N2CCCCC2C)cc1. The van der Waals surface area contributed by atoms with Crippen molar-refractivity contribution < 1.29 is 8.42 Å². The van der Waals surface area contributed by atoms with E-state index >= 15 is 0 Å². The fourth-order valence-electron chi connectivity index (χ4n) is 3.91. The Kier molecular flexibility index (Phi) is 4.78. The molecule has 0 spiro atoms. The van der Waals surface area contributed by atoms with Gasteiger partial charge in [0.1, 0.15) is 5.82 Å². The first-order valence-electron chi connectivity index (χ1n) is 9.49. The van der Waals surface area contributed by atoms with Crippen LogP contribution in [0.2, 0.25) is 0 Å². The zero-order valence-corrected chi connectivity index (χ0v) is 16.6. The maximum Gasteiger partial charge on any atom is 0.243 e. The first kappa shape index (κ1) is 18.2. The molecule has 5 nitrogen and oxygen atoms in total. The summed E-state index contributed by atoms with van der Waals surface area (Å²) in [6, 6.07) is 15.4. The third-order valence-electron chi connectivity index (χ3n) is 5.46. The maximum atomic E-state index is 13.0. The van der Waals surface area contributed by atoms with Crippen molar-refractivity contribution in [2.24, 2.45) is 0 Å². The van der Waals surface area contributed by atoms with Gasteiger partial charge in [-0.1, -0.05) is 30.7 Å². The maximum absolute atomic E-state index is 13.0. The van der Waals surface area contributed by atoms with E-state index in [0.717, 1.165) is 41.7 Å². The van der Waals surface area contributed by atoms with Crippen LogP contribution < -0.4 is 0 Å². The van der Waals surface area contributed by atoms with Gasteiger partial charge in [0.15, 0.2) is 0 Å². The number of aryl methyl sites for hydroxylation is 1. The number of benzene rings is 2. The number of hydrogen-bond donors (Lipinski definition) is 0. The highest BCUT2D eigenvalue weighted by atomic mass is 32.2. The molecule has 2 aromatic carbocycles. The van der Waals surface area contributed by atoms with E-state index in [1.165, 1.54) is 0 Å². The van der Waals surface area contributed by atoms with Crippen LogP contribution in [0.3, 0.4) is 0 Å². The lowest BCUT2D eigenvalue weighted by molar-refractivity contribution is 0.268. The van der Waals surface area contributed by atoms with E-state index in [0.29, 0.717) is 18.0 Å². The molecule has 3 aromatic rings. The molecule has 0 radical (unpaired) electrons. The molecule has 1 saturated heterocycles. The second-order valence-corrected chi connectivity index (χ2v) is 9.23. The average Bonchev–Trinajstić information content (AvgIpc) is 2.98. The van der Waals surface area contributed by atoms with Crippen LogP contribution in [0.15, 0.2) is 53.4 Å². The van der Waals surface area contributed by atoms with Crippen molar-refractivity contribution in [2.45, 2.75) is 50.6 Å². The van der Waals surface area contributed by atoms with Gasteiger partial charge in [-0.15, -0.1) is 0 Å². The van der Waals surface area contributed by atoms with Crippen LogP contribution in [-0.4, -0.2) is 34.9 Å². The third kappa shape index (κ3) is 3.39. The fraction of sp³-hybridized carbons (Fsp3) is 0.381. The Bertz CT molecular complexity index is 1050. The van der Waals surface area contributed by atoms with E-state index in [1.54, 1.807) is 16.4 Å². The average molecular weight is 384 g/mol. The van der Waals surface area contributed by atoms with Crippen LogP contribution in [0.1, 0.15) is 37.6 Å². The lowest BCUT2D eigenvalue weighted by Crippen LogP contribution is -2.41. The summed E-state index contributed by atoms with van der Waals surface area (Å²) in [6.07, 6.45) is 2.98. The Morgan fingerprint density at radius 2 is 1.81 bits per heavy atom. The number of hydrogen-bond acceptors (Lipinski definition) is 3. The minimum Gasteiger partial charge on any atom is -0.324 e. The van der Waals surface area contributed by atoms with Crippen LogP contribution >= 0.6 is 0 Å². The molecule has 1 aromatic heterocycles. The van der Waals surface area contributed by atoms with Crippen molar-refractivity contribution in [2.75, 3.05) is 6.54 Å². The molecule has 27 heavy (non-hydrogen) atoms. The predicted octanol–water partition coefficient (Wildman–Crippen LogP) is 3.96. The number of nitrogens with zero attached hydrogens (tertiary/aromatic N) is 3. The molecule has 1 unspecified atom stereocenters. The molecule has 0 saturated carbocycles. The molecular formula is C21H25N3O2S. The first-order valence-corrected chi connectivity index (χ1v) is 10.9. The summed E-state index contributed by atoms with van der Waals surface area (Å²) in [6.45, 7) is 5.28. The Labute approximate surface area is 160 Å². The molecule has 0 N–H and O–H groups in total. The minimum absolute atomic E-state index is 0.0726. The molecule has 2 heterocycles. The van der Waals surface area contributed by atoms with Crippen molar-refractivity contribution in [1.29, 1.82) is 0 Å². The molecule has 0 bridgehead atoms. The number of piperidine rings is 1. The normalized spacial score (nSPS) is 18.8. The van der Waals surface area contributed by atoms with Crippen LogP contribution in [0.5, 0.6) is 0 Å². The van der Waals surface area contributed by atoms with E-state index in [1.807, 2.05) is 44.2 Å². The number of fused-ring (bicyclic) bond motifs is 1. The second-order valence-electron chi connectivity index (χ2n) is 7.34.